The Hall–Kier alpha value is -5.79. The third-order valence-electron chi connectivity index (χ3n) is 6.61. The van der Waals surface area contributed by atoms with E-state index >= 15 is 0 Å². The Bertz CT molecular complexity index is 2010. The molecule has 1 aromatic heterocycles. The fraction of sp³-hybridized carbons (Fsp3) is 0.0909. The van der Waals surface area contributed by atoms with Gasteiger partial charge >= 0.3 is 5.97 Å². The molecule has 5 rings (SSSR count). The molecule has 0 aliphatic carbocycles. The lowest BCUT2D eigenvalue weighted by atomic mass is 10.2. The number of ether oxygens (including phenoxy) is 3. The van der Waals surface area contributed by atoms with Crippen molar-refractivity contribution in [2.24, 2.45) is 5.10 Å². The zero-order valence-corrected chi connectivity index (χ0v) is 26.4. The van der Waals surface area contributed by atoms with Crippen LogP contribution in [0.15, 0.2) is 90.0 Å². The van der Waals surface area contributed by atoms with Gasteiger partial charge in [-0.2, -0.15) is 5.10 Å². The van der Waals surface area contributed by atoms with Gasteiger partial charge in [-0.1, -0.05) is 11.6 Å². The first-order chi connectivity index (χ1) is 22.7. The molecule has 0 saturated heterocycles. The number of nitrogens with zero attached hydrogens (tertiary/aromatic N) is 2. The molecule has 12 nitrogen and oxygen atoms in total. The van der Waals surface area contributed by atoms with Crippen LogP contribution in [-0.4, -0.2) is 42.6 Å². The Morgan fingerprint density at radius 3 is 2.34 bits per heavy atom. The van der Waals surface area contributed by atoms with Crippen molar-refractivity contribution < 1.29 is 33.5 Å². The molecule has 0 bridgehead atoms. The Labute approximate surface area is 276 Å². The smallest absolute Gasteiger partial charge is 0.343 e. The van der Waals surface area contributed by atoms with Crippen LogP contribution in [0.4, 0.5) is 11.4 Å². The highest BCUT2D eigenvalue weighted by atomic mass is 35.5. The molecule has 0 saturated carbocycles. The molecule has 0 spiro atoms. The number of hydrogen-bond acceptors (Lipinski definition) is 10. The number of halogens is 1. The number of nitro groups is 1. The summed E-state index contributed by atoms with van der Waals surface area (Å²) in [5.74, 6) is -0.399. The van der Waals surface area contributed by atoms with Crippen molar-refractivity contribution >= 4 is 68.4 Å². The summed E-state index contributed by atoms with van der Waals surface area (Å²) < 4.78 is 16.8. The Kier molecular flexibility index (Phi) is 10.1. The van der Waals surface area contributed by atoms with E-state index in [2.05, 4.69) is 15.8 Å². The lowest BCUT2D eigenvalue weighted by molar-refractivity contribution is -0.384. The molecule has 0 unspecified atom stereocenters. The number of carbonyl (C=O) groups excluding carboxylic acids is 3. The van der Waals surface area contributed by atoms with Crippen LogP contribution in [0.1, 0.15) is 42.9 Å². The van der Waals surface area contributed by atoms with Crippen molar-refractivity contribution in [1.29, 1.82) is 0 Å². The van der Waals surface area contributed by atoms with Crippen LogP contribution in [0.25, 0.3) is 10.1 Å². The van der Waals surface area contributed by atoms with Crippen LogP contribution in [0.2, 0.25) is 5.02 Å². The minimum atomic E-state index is -0.565. The second-order valence-electron chi connectivity index (χ2n) is 9.67. The number of hydrogen-bond donors (Lipinski definition) is 2. The third-order valence-corrected chi connectivity index (χ3v) is 8.27. The lowest BCUT2D eigenvalue weighted by Crippen LogP contribution is -2.17. The van der Waals surface area contributed by atoms with Crippen molar-refractivity contribution in [3.8, 4) is 17.2 Å². The standard InChI is InChI=1S/C33H25ClN4O8S/c1-3-45-27-16-19(4-15-26(27)46-33(41)21-7-12-24(44-2)13-8-21)18-35-37-31(39)20-5-9-22(10-6-20)36-32(40)30-29(34)25-14-11-23(38(42)43)17-28(25)47-30/h4-18H,3H2,1-2H3,(H,36,40)(H,37,39)/b35-18-. The first kappa shape index (κ1) is 32.6. The largest absolute Gasteiger partial charge is 0.497 e. The van der Waals surface area contributed by atoms with E-state index in [1.807, 2.05) is 0 Å². The molecule has 14 heteroatoms. The molecule has 238 valence electrons. The van der Waals surface area contributed by atoms with E-state index in [0.717, 1.165) is 11.3 Å². The van der Waals surface area contributed by atoms with E-state index in [-0.39, 0.29) is 26.9 Å². The molecule has 0 radical (unpaired) electrons. The topological polar surface area (TPSA) is 158 Å². The van der Waals surface area contributed by atoms with Crippen molar-refractivity contribution in [2.45, 2.75) is 6.92 Å². The number of fused-ring (bicyclic) bond motifs is 1. The number of rotatable bonds is 11. The highest BCUT2D eigenvalue weighted by Gasteiger charge is 2.20. The molecule has 2 N–H and O–H groups in total. The van der Waals surface area contributed by atoms with Gasteiger partial charge in [0.05, 0.1) is 35.4 Å². The number of nitrogens with one attached hydrogen (secondary N) is 2. The maximum absolute atomic E-state index is 12.9. The molecular formula is C33H25ClN4O8S. The summed E-state index contributed by atoms with van der Waals surface area (Å²) in [6.45, 7) is 2.12. The van der Waals surface area contributed by atoms with E-state index in [4.69, 9.17) is 25.8 Å². The molecule has 0 atom stereocenters. The summed E-state index contributed by atoms with van der Waals surface area (Å²) in [6, 6.07) is 21.7. The van der Waals surface area contributed by atoms with E-state index in [1.54, 1.807) is 61.5 Å². The normalized spacial score (nSPS) is 10.9. The molecule has 5 aromatic rings. The number of non-ortho nitro benzene ring substituents is 1. The van der Waals surface area contributed by atoms with E-state index in [0.29, 0.717) is 45.0 Å². The maximum Gasteiger partial charge on any atom is 0.343 e. The first-order valence-electron chi connectivity index (χ1n) is 13.9. The van der Waals surface area contributed by atoms with Gasteiger partial charge in [0.2, 0.25) is 0 Å². The number of hydrazone groups is 1. The summed E-state index contributed by atoms with van der Waals surface area (Å²) in [6.07, 6.45) is 1.41. The minimum absolute atomic E-state index is 0.0993. The van der Waals surface area contributed by atoms with Gasteiger partial charge in [-0.3, -0.25) is 19.7 Å². The second kappa shape index (κ2) is 14.5. The number of nitro benzene ring substituents is 1. The maximum atomic E-state index is 12.9. The Balaban J connectivity index is 1.19. The molecule has 0 aliphatic heterocycles. The zero-order chi connectivity index (χ0) is 33.5. The number of amides is 2. The molecule has 0 aliphatic rings. The predicted molar refractivity (Wildman–Crippen MR) is 179 cm³/mol. The summed E-state index contributed by atoms with van der Waals surface area (Å²) >= 11 is 7.42. The fourth-order valence-electron chi connectivity index (χ4n) is 4.28. The number of esters is 1. The van der Waals surface area contributed by atoms with Gasteiger partial charge in [-0.15, -0.1) is 11.3 Å². The zero-order valence-electron chi connectivity index (χ0n) is 24.8. The average Bonchev–Trinajstić information content (AvgIpc) is 3.41. The summed E-state index contributed by atoms with van der Waals surface area (Å²) in [5.41, 5.74) is 3.95. The van der Waals surface area contributed by atoms with Crippen LogP contribution in [-0.2, 0) is 0 Å². The summed E-state index contributed by atoms with van der Waals surface area (Å²) in [7, 11) is 1.53. The number of methoxy groups -OCH3 is 1. The van der Waals surface area contributed by atoms with Gasteiger partial charge in [0.25, 0.3) is 17.5 Å². The van der Waals surface area contributed by atoms with E-state index in [9.17, 15) is 24.5 Å². The van der Waals surface area contributed by atoms with Crippen molar-refractivity contribution in [3.05, 3.63) is 122 Å². The molecule has 0 fully saturated rings. The molecule has 1 heterocycles. The average molecular weight is 673 g/mol. The predicted octanol–water partition coefficient (Wildman–Crippen LogP) is 7.11. The first-order valence-corrected chi connectivity index (χ1v) is 15.1. The van der Waals surface area contributed by atoms with Crippen LogP contribution in [0.3, 0.4) is 0 Å². The summed E-state index contributed by atoms with van der Waals surface area (Å²) in [4.78, 5) is 48.9. The number of thiophene rings is 1. The van der Waals surface area contributed by atoms with Crippen LogP contribution in [0.5, 0.6) is 17.2 Å². The molecule has 4 aromatic carbocycles. The second-order valence-corrected chi connectivity index (χ2v) is 11.1. The van der Waals surface area contributed by atoms with Crippen LogP contribution >= 0.6 is 22.9 Å². The molecule has 2 amide bonds. The summed E-state index contributed by atoms with van der Waals surface area (Å²) in [5, 5.41) is 18.5. The van der Waals surface area contributed by atoms with Crippen molar-refractivity contribution in [1.82, 2.24) is 5.43 Å². The van der Waals surface area contributed by atoms with Gasteiger partial charge in [0.1, 0.15) is 10.6 Å². The lowest BCUT2D eigenvalue weighted by Gasteiger charge is -2.11. The Morgan fingerprint density at radius 2 is 1.66 bits per heavy atom. The monoisotopic (exact) mass is 672 g/mol. The number of anilines is 1. The van der Waals surface area contributed by atoms with Crippen LogP contribution < -0.4 is 25.0 Å². The van der Waals surface area contributed by atoms with Gasteiger partial charge in [0.15, 0.2) is 11.5 Å². The number of carbonyl (C=O) groups is 3. The highest BCUT2D eigenvalue weighted by Crippen LogP contribution is 2.37. The van der Waals surface area contributed by atoms with Crippen molar-refractivity contribution in [2.75, 3.05) is 19.0 Å². The van der Waals surface area contributed by atoms with Gasteiger partial charge < -0.3 is 19.5 Å². The van der Waals surface area contributed by atoms with Crippen molar-refractivity contribution in [3.63, 3.8) is 0 Å². The quantitative estimate of drug-likeness (QED) is 0.0494. The number of benzene rings is 4. The van der Waals surface area contributed by atoms with Gasteiger partial charge in [0, 0.05) is 33.5 Å². The molecular weight excluding hydrogens is 648 g/mol. The fourth-order valence-corrected chi connectivity index (χ4v) is 5.73. The van der Waals surface area contributed by atoms with E-state index < -0.39 is 22.7 Å². The van der Waals surface area contributed by atoms with Gasteiger partial charge in [-0.05, 0) is 85.3 Å². The van der Waals surface area contributed by atoms with Gasteiger partial charge in [-0.25, -0.2) is 10.2 Å². The molecule has 47 heavy (non-hydrogen) atoms. The highest BCUT2D eigenvalue weighted by molar-refractivity contribution is 7.21. The Morgan fingerprint density at radius 1 is 0.936 bits per heavy atom. The third kappa shape index (κ3) is 7.72. The van der Waals surface area contributed by atoms with E-state index in [1.165, 1.54) is 43.7 Å². The minimum Gasteiger partial charge on any atom is -0.497 e. The van der Waals surface area contributed by atoms with Crippen LogP contribution in [0, 0.1) is 10.1 Å². The SMILES string of the molecule is CCOc1cc(/C=N\NC(=O)c2ccc(NC(=O)c3sc4cc([N+](=O)[O-])ccc4c3Cl)cc2)ccc1OC(=O)c1ccc(OC)cc1.